The fourth-order valence-corrected chi connectivity index (χ4v) is 5.25. The van der Waals surface area contributed by atoms with E-state index in [4.69, 9.17) is 0 Å². The van der Waals surface area contributed by atoms with Crippen molar-refractivity contribution in [3.63, 3.8) is 0 Å². The minimum absolute atomic E-state index is 0.00988. The van der Waals surface area contributed by atoms with Gasteiger partial charge in [0.1, 0.15) is 0 Å². The Balaban J connectivity index is 1.43. The highest BCUT2D eigenvalue weighted by Crippen LogP contribution is 2.22. The summed E-state index contributed by atoms with van der Waals surface area (Å²) in [4.78, 5) is 14.6. The molecule has 0 atom stereocenters. The van der Waals surface area contributed by atoms with E-state index in [9.17, 15) is 13.2 Å². The first-order valence-corrected chi connectivity index (χ1v) is 12.0. The number of aryl methyl sites for hydroxylation is 1. The number of nitrogens with zero attached hydrogens (tertiary/aromatic N) is 2. The first kappa shape index (κ1) is 22.3. The Labute approximate surface area is 179 Å². The Bertz CT molecular complexity index is 922. The number of nitrogens with one attached hydrogen (secondary N) is 1. The molecule has 2 aromatic rings. The molecule has 0 spiro atoms. The fourth-order valence-electron chi connectivity index (χ4n) is 3.69. The summed E-state index contributed by atoms with van der Waals surface area (Å²) in [6, 6.07) is 17.6. The first-order chi connectivity index (χ1) is 14.3. The number of sulfonamides is 1. The van der Waals surface area contributed by atoms with Gasteiger partial charge in [-0.1, -0.05) is 48.0 Å². The molecule has 1 N–H and O–H groups in total. The third kappa shape index (κ3) is 6.06. The SMILES string of the molecule is Cc1ccc(CS(=O)(=O)N2CCC(C(=O)NCCN(C)c3ccccc3)CC2)cc1. The van der Waals surface area contributed by atoms with Crippen molar-refractivity contribution in [1.29, 1.82) is 0 Å². The van der Waals surface area contributed by atoms with Crippen LogP contribution >= 0.6 is 0 Å². The summed E-state index contributed by atoms with van der Waals surface area (Å²) in [7, 11) is -1.36. The van der Waals surface area contributed by atoms with Gasteiger partial charge in [-0.05, 0) is 37.5 Å². The van der Waals surface area contributed by atoms with Crippen molar-refractivity contribution in [3.05, 3.63) is 65.7 Å². The van der Waals surface area contributed by atoms with Crippen LogP contribution in [0.5, 0.6) is 0 Å². The van der Waals surface area contributed by atoms with Gasteiger partial charge in [-0.3, -0.25) is 4.79 Å². The Kier molecular flexibility index (Phi) is 7.50. The van der Waals surface area contributed by atoms with E-state index in [1.54, 1.807) is 0 Å². The van der Waals surface area contributed by atoms with Gasteiger partial charge in [-0.25, -0.2) is 12.7 Å². The van der Waals surface area contributed by atoms with Gasteiger partial charge >= 0.3 is 0 Å². The highest BCUT2D eigenvalue weighted by Gasteiger charge is 2.31. The van der Waals surface area contributed by atoms with E-state index in [0.29, 0.717) is 32.5 Å². The molecule has 1 heterocycles. The summed E-state index contributed by atoms with van der Waals surface area (Å²) in [5, 5.41) is 3.00. The maximum atomic E-state index is 12.7. The predicted octanol–water partition coefficient (Wildman–Crippen LogP) is 2.79. The standard InChI is InChI=1S/C23H31N3O3S/c1-19-8-10-20(11-9-19)18-30(28,29)26-15-12-21(13-16-26)23(27)24-14-17-25(2)22-6-4-3-5-7-22/h3-11,21H,12-18H2,1-2H3,(H,24,27). The second-order valence-corrected chi connectivity index (χ2v) is 9.93. The van der Waals surface area contributed by atoms with Crippen LogP contribution in [0.1, 0.15) is 24.0 Å². The molecule has 1 saturated heterocycles. The number of rotatable bonds is 8. The van der Waals surface area contributed by atoms with Crippen molar-refractivity contribution in [1.82, 2.24) is 9.62 Å². The maximum absolute atomic E-state index is 12.7. The van der Waals surface area contributed by atoms with Crippen LogP contribution in [-0.4, -0.2) is 51.9 Å². The zero-order valence-corrected chi connectivity index (χ0v) is 18.6. The summed E-state index contributed by atoms with van der Waals surface area (Å²) in [6.07, 6.45) is 1.13. The summed E-state index contributed by atoms with van der Waals surface area (Å²) in [6.45, 7) is 4.07. The number of hydrogen-bond donors (Lipinski definition) is 1. The molecule has 2 aromatic carbocycles. The molecule has 1 fully saturated rings. The van der Waals surface area contributed by atoms with Gasteiger partial charge < -0.3 is 10.2 Å². The van der Waals surface area contributed by atoms with Crippen molar-refractivity contribution in [3.8, 4) is 0 Å². The van der Waals surface area contributed by atoms with Crippen LogP contribution in [0.25, 0.3) is 0 Å². The molecule has 1 amide bonds. The molecule has 0 aliphatic carbocycles. The average molecular weight is 430 g/mol. The lowest BCUT2D eigenvalue weighted by molar-refractivity contribution is -0.126. The minimum atomic E-state index is -3.36. The van der Waals surface area contributed by atoms with E-state index < -0.39 is 10.0 Å². The van der Waals surface area contributed by atoms with Gasteiger partial charge in [0.15, 0.2) is 0 Å². The van der Waals surface area contributed by atoms with E-state index in [1.807, 2.05) is 68.6 Å². The van der Waals surface area contributed by atoms with Crippen LogP contribution in [0.3, 0.4) is 0 Å². The number of benzene rings is 2. The molecule has 0 aromatic heterocycles. The highest BCUT2D eigenvalue weighted by atomic mass is 32.2. The maximum Gasteiger partial charge on any atom is 0.223 e. The summed E-state index contributed by atoms with van der Waals surface area (Å²) in [5.74, 6) is -0.0967. The van der Waals surface area contributed by atoms with Crippen LogP contribution in [0.4, 0.5) is 5.69 Å². The smallest absolute Gasteiger partial charge is 0.223 e. The average Bonchev–Trinajstić information content (AvgIpc) is 2.76. The van der Waals surface area contributed by atoms with E-state index in [1.165, 1.54) is 4.31 Å². The van der Waals surface area contributed by atoms with Gasteiger partial charge in [-0.2, -0.15) is 0 Å². The normalized spacial score (nSPS) is 15.7. The number of para-hydroxylation sites is 1. The molecule has 1 aliphatic rings. The molecule has 3 rings (SSSR count). The molecule has 6 nitrogen and oxygen atoms in total. The molecule has 0 radical (unpaired) electrons. The minimum Gasteiger partial charge on any atom is -0.373 e. The van der Waals surface area contributed by atoms with E-state index in [2.05, 4.69) is 10.2 Å². The third-order valence-corrected chi connectivity index (χ3v) is 7.48. The Morgan fingerprint density at radius 1 is 1.07 bits per heavy atom. The number of likely N-dealkylation sites (N-methyl/N-ethyl adjacent to an activating group) is 1. The largest absolute Gasteiger partial charge is 0.373 e. The van der Waals surface area contributed by atoms with Crippen LogP contribution in [0, 0.1) is 12.8 Å². The summed E-state index contributed by atoms with van der Waals surface area (Å²) < 4.78 is 27.0. The molecular weight excluding hydrogens is 398 g/mol. The number of piperidine rings is 1. The van der Waals surface area contributed by atoms with Crippen molar-refractivity contribution >= 4 is 21.6 Å². The second-order valence-electron chi connectivity index (χ2n) is 7.96. The Hall–Kier alpha value is -2.38. The quantitative estimate of drug-likeness (QED) is 0.701. The first-order valence-electron chi connectivity index (χ1n) is 10.4. The second kappa shape index (κ2) is 10.1. The van der Waals surface area contributed by atoms with Crippen molar-refractivity contribution < 1.29 is 13.2 Å². The van der Waals surface area contributed by atoms with Crippen molar-refractivity contribution in [2.75, 3.05) is 38.1 Å². The molecular formula is C23H31N3O3S. The lowest BCUT2D eigenvalue weighted by atomic mass is 9.97. The van der Waals surface area contributed by atoms with E-state index in [0.717, 1.165) is 23.4 Å². The number of anilines is 1. The summed E-state index contributed by atoms with van der Waals surface area (Å²) in [5.41, 5.74) is 3.01. The predicted molar refractivity (Wildman–Crippen MR) is 121 cm³/mol. The van der Waals surface area contributed by atoms with Crippen LogP contribution in [0.2, 0.25) is 0 Å². The molecule has 0 saturated carbocycles. The molecule has 0 unspecified atom stereocenters. The Morgan fingerprint density at radius 3 is 2.33 bits per heavy atom. The summed E-state index contributed by atoms with van der Waals surface area (Å²) >= 11 is 0. The van der Waals surface area contributed by atoms with E-state index >= 15 is 0 Å². The van der Waals surface area contributed by atoms with Gasteiger partial charge in [-0.15, -0.1) is 0 Å². The lowest BCUT2D eigenvalue weighted by Gasteiger charge is -2.30. The molecule has 7 heteroatoms. The number of amides is 1. The molecule has 1 aliphatic heterocycles. The lowest BCUT2D eigenvalue weighted by Crippen LogP contribution is -2.44. The highest BCUT2D eigenvalue weighted by molar-refractivity contribution is 7.88. The van der Waals surface area contributed by atoms with Gasteiger partial charge in [0.2, 0.25) is 15.9 Å². The van der Waals surface area contributed by atoms with Gasteiger partial charge in [0.05, 0.1) is 5.75 Å². The zero-order chi connectivity index (χ0) is 21.6. The van der Waals surface area contributed by atoms with Crippen molar-refractivity contribution in [2.45, 2.75) is 25.5 Å². The van der Waals surface area contributed by atoms with Crippen LogP contribution in [0.15, 0.2) is 54.6 Å². The monoisotopic (exact) mass is 429 g/mol. The van der Waals surface area contributed by atoms with Crippen LogP contribution in [-0.2, 0) is 20.6 Å². The number of carbonyl (C=O) groups excluding carboxylic acids is 1. The Morgan fingerprint density at radius 2 is 1.70 bits per heavy atom. The molecule has 0 bridgehead atoms. The zero-order valence-electron chi connectivity index (χ0n) is 17.8. The van der Waals surface area contributed by atoms with Crippen LogP contribution < -0.4 is 10.2 Å². The van der Waals surface area contributed by atoms with Crippen molar-refractivity contribution in [2.24, 2.45) is 5.92 Å². The molecule has 162 valence electrons. The third-order valence-electron chi connectivity index (χ3n) is 5.63. The van der Waals surface area contributed by atoms with Gasteiger partial charge in [0.25, 0.3) is 0 Å². The van der Waals surface area contributed by atoms with E-state index in [-0.39, 0.29) is 17.6 Å². The number of hydrogen-bond acceptors (Lipinski definition) is 4. The topological polar surface area (TPSA) is 69.7 Å². The fraction of sp³-hybridized carbons (Fsp3) is 0.435. The number of carbonyl (C=O) groups is 1. The van der Waals surface area contributed by atoms with Gasteiger partial charge in [0, 0.05) is 44.8 Å². The molecule has 30 heavy (non-hydrogen) atoms.